The van der Waals surface area contributed by atoms with Gasteiger partial charge in [0.1, 0.15) is 22.9 Å². The van der Waals surface area contributed by atoms with Gasteiger partial charge in [0, 0.05) is 6.54 Å². The number of ether oxygens (including phenoxy) is 2. The molecule has 0 aliphatic heterocycles. The number of amides is 1. The minimum atomic E-state index is -4.09. The molecular formula is C25H28N2O5S. The second-order valence-corrected chi connectivity index (χ2v) is 9.46. The molecule has 0 aliphatic carbocycles. The fourth-order valence-corrected chi connectivity index (χ4v) is 4.92. The summed E-state index contributed by atoms with van der Waals surface area (Å²) in [6, 6.07) is 19.2. The molecule has 174 valence electrons. The highest BCUT2D eigenvalue weighted by Gasteiger charge is 2.30. The maximum absolute atomic E-state index is 13.7. The molecule has 0 aliphatic rings. The molecule has 0 saturated heterocycles. The number of aryl methyl sites for hydroxylation is 2. The van der Waals surface area contributed by atoms with E-state index in [1.54, 1.807) is 68.6 Å². The van der Waals surface area contributed by atoms with Crippen molar-refractivity contribution >= 4 is 21.6 Å². The highest BCUT2D eigenvalue weighted by molar-refractivity contribution is 7.93. The molecule has 0 fully saturated rings. The molecule has 0 bridgehead atoms. The van der Waals surface area contributed by atoms with Crippen LogP contribution in [-0.2, 0) is 21.4 Å². The van der Waals surface area contributed by atoms with Crippen LogP contribution in [0.25, 0.3) is 0 Å². The predicted octanol–water partition coefficient (Wildman–Crippen LogP) is 3.83. The molecule has 0 radical (unpaired) electrons. The molecule has 8 heteroatoms. The summed E-state index contributed by atoms with van der Waals surface area (Å²) in [5.74, 6) is 0.506. The third kappa shape index (κ3) is 5.84. The minimum Gasteiger partial charge on any atom is -0.497 e. The molecule has 7 nitrogen and oxygen atoms in total. The third-order valence-electron chi connectivity index (χ3n) is 5.15. The second-order valence-electron chi connectivity index (χ2n) is 7.63. The SMILES string of the molecule is COc1ccc(CNC(=O)CN(c2ccc(C)cc2)S(=O)(=O)c2cc(C)ccc2OC)cc1. The van der Waals surface area contributed by atoms with Crippen LogP contribution in [0.1, 0.15) is 16.7 Å². The van der Waals surface area contributed by atoms with Crippen molar-refractivity contribution in [3.05, 3.63) is 83.4 Å². The average Bonchev–Trinajstić information content (AvgIpc) is 2.82. The van der Waals surface area contributed by atoms with Gasteiger partial charge in [0.15, 0.2) is 0 Å². The maximum atomic E-state index is 13.7. The summed E-state index contributed by atoms with van der Waals surface area (Å²) < 4.78 is 38.9. The van der Waals surface area contributed by atoms with Crippen molar-refractivity contribution < 1.29 is 22.7 Å². The van der Waals surface area contributed by atoms with Crippen molar-refractivity contribution in [2.75, 3.05) is 25.1 Å². The summed E-state index contributed by atoms with van der Waals surface area (Å²) in [5.41, 5.74) is 3.01. The fourth-order valence-electron chi connectivity index (χ4n) is 3.26. The van der Waals surface area contributed by atoms with E-state index in [0.717, 1.165) is 21.0 Å². The molecule has 0 aromatic heterocycles. The summed E-state index contributed by atoms with van der Waals surface area (Å²) in [6.07, 6.45) is 0. The van der Waals surface area contributed by atoms with Crippen molar-refractivity contribution in [1.82, 2.24) is 5.32 Å². The lowest BCUT2D eigenvalue weighted by Gasteiger charge is -2.25. The lowest BCUT2D eigenvalue weighted by Crippen LogP contribution is -2.40. The van der Waals surface area contributed by atoms with Crippen LogP contribution in [0.3, 0.4) is 0 Å². The molecule has 3 aromatic rings. The maximum Gasteiger partial charge on any atom is 0.268 e. The topological polar surface area (TPSA) is 84.9 Å². The first kappa shape index (κ1) is 24.1. The molecule has 33 heavy (non-hydrogen) atoms. The molecule has 1 N–H and O–H groups in total. The van der Waals surface area contributed by atoms with Gasteiger partial charge in [-0.25, -0.2) is 8.42 Å². The first-order chi connectivity index (χ1) is 15.7. The van der Waals surface area contributed by atoms with Gasteiger partial charge in [-0.2, -0.15) is 0 Å². The zero-order chi connectivity index (χ0) is 24.0. The first-order valence-corrected chi connectivity index (χ1v) is 11.8. The number of hydrogen-bond donors (Lipinski definition) is 1. The van der Waals surface area contributed by atoms with E-state index in [1.165, 1.54) is 7.11 Å². The number of nitrogens with one attached hydrogen (secondary N) is 1. The highest BCUT2D eigenvalue weighted by Crippen LogP contribution is 2.31. The van der Waals surface area contributed by atoms with Gasteiger partial charge < -0.3 is 14.8 Å². The number of benzene rings is 3. The number of sulfonamides is 1. The summed E-state index contributed by atoms with van der Waals surface area (Å²) in [4.78, 5) is 12.8. The van der Waals surface area contributed by atoms with Gasteiger partial charge in [0.25, 0.3) is 10.0 Å². The van der Waals surface area contributed by atoms with E-state index in [1.807, 2.05) is 19.1 Å². The van der Waals surface area contributed by atoms with E-state index in [0.29, 0.717) is 11.4 Å². The Morgan fingerprint density at radius 3 is 2.12 bits per heavy atom. The predicted molar refractivity (Wildman–Crippen MR) is 128 cm³/mol. The van der Waals surface area contributed by atoms with Crippen LogP contribution >= 0.6 is 0 Å². The fraction of sp³-hybridized carbons (Fsp3) is 0.240. The molecule has 3 aromatic carbocycles. The Balaban J connectivity index is 1.89. The van der Waals surface area contributed by atoms with Crippen molar-refractivity contribution in [2.45, 2.75) is 25.3 Å². The van der Waals surface area contributed by atoms with Gasteiger partial charge in [-0.05, 0) is 61.4 Å². The van der Waals surface area contributed by atoms with Crippen molar-refractivity contribution in [2.24, 2.45) is 0 Å². The Morgan fingerprint density at radius 1 is 0.879 bits per heavy atom. The van der Waals surface area contributed by atoms with Crippen LogP contribution in [0, 0.1) is 13.8 Å². The van der Waals surface area contributed by atoms with E-state index in [9.17, 15) is 13.2 Å². The standard InChI is InChI=1S/C25H28N2O5S/c1-18-5-10-21(11-6-18)27(33(29,30)24-15-19(2)7-14-23(24)32-4)17-25(28)26-16-20-8-12-22(31-3)13-9-20/h5-15H,16-17H2,1-4H3,(H,26,28). The van der Waals surface area contributed by atoms with Crippen LogP contribution in [0.5, 0.6) is 11.5 Å². The highest BCUT2D eigenvalue weighted by atomic mass is 32.2. The van der Waals surface area contributed by atoms with Gasteiger partial charge in [0.05, 0.1) is 19.9 Å². The zero-order valence-electron chi connectivity index (χ0n) is 19.2. The molecule has 0 atom stereocenters. The summed E-state index contributed by atoms with van der Waals surface area (Å²) in [5, 5.41) is 2.79. The van der Waals surface area contributed by atoms with Crippen LogP contribution in [0.2, 0.25) is 0 Å². The van der Waals surface area contributed by atoms with Crippen molar-refractivity contribution in [3.63, 3.8) is 0 Å². The van der Waals surface area contributed by atoms with Crippen LogP contribution < -0.4 is 19.1 Å². The van der Waals surface area contributed by atoms with Crippen molar-refractivity contribution in [1.29, 1.82) is 0 Å². The third-order valence-corrected chi connectivity index (χ3v) is 6.94. The Labute approximate surface area is 195 Å². The van der Waals surface area contributed by atoms with Gasteiger partial charge in [-0.15, -0.1) is 0 Å². The van der Waals surface area contributed by atoms with Gasteiger partial charge in [-0.1, -0.05) is 35.9 Å². The quantitative estimate of drug-likeness (QED) is 0.516. The first-order valence-electron chi connectivity index (χ1n) is 10.4. The van der Waals surface area contributed by atoms with E-state index in [-0.39, 0.29) is 23.7 Å². The minimum absolute atomic E-state index is 0.00790. The smallest absolute Gasteiger partial charge is 0.268 e. The molecule has 3 rings (SSSR count). The van der Waals surface area contributed by atoms with Crippen molar-refractivity contribution in [3.8, 4) is 11.5 Å². The summed E-state index contributed by atoms with van der Waals surface area (Å²) >= 11 is 0. The van der Waals surface area contributed by atoms with Gasteiger partial charge in [-0.3, -0.25) is 9.10 Å². The van der Waals surface area contributed by atoms with Gasteiger partial charge >= 0.3 is 0 Å². The molecule has 1 amide bonds. The molecule has 0 heterocycles. The Bertz CT molecular complexity index is 1210. The number of hydrogen-bond acceptors (Lipinski definition) is 5. The van der Waals surface area contributed by atoms with E-state index >= 15 is 0 Å². The summed E-state index contributed by atoms with van der Waals surface area (Å²) in [7, 11) is -1.09. The normalized spacial score (nSPS) is 11.0. The second kappa shape index (κ2) is 10.4. The zero-order valence-corrected chi connectivity index (χ0v) is 20.0. The molecule has 0 saturated carbocycles. The molecular weight excluding hydrogens is 440 g/mol. The lowest BCUT2D eigenvalue weighted by atomic mass is 10.2. The monoisotopic (exact) mass is 468 g/mol. The van der Waals surface area contributed by atoms with Crippen LogP contribution in [0.15, 0.2) is 71.6 Å². The number of carbonyl (C=O) groups excluding carboxylic acids is 1. The Hall–Kier alpha value is -3.52. The largest absolute Gasteiger partial charge is 0.497 e. The van der Waals surface area contributed by atoms with E-state index in [4.69, 9.17) is 9.47 Å². The van der Waals surface area contributed by atoms with Crippen LogP contribution in [-0.4, -0.2) is 35.1 Å². The number of rotatable bonds is 9. The number of methoxy groups -OCH3 is 2. The lowest BCUT2D eigenvalue weighted by molar-refractivity contribution is -0.119. The van der Waals surface area contributed by atoms with Crippen LogP contribution in [0.4, 0.5) is 5.69 Å². The Morgan fingerprint density at radius 2 is 1.52 bits per heavy atom. The Kier molecular flexibility index (Phi) is 7.60. The molecule has 0 spiro atoms. The number of nitrogens with zero attached hydrogens (tertiary/aromatic N) is 1. The number of carbonyl (C=O) groups is 1. The van der Waals surface area contributed by atoms with E-state index < -0.39 is 15.9 Å². The molecule has 0 unspecified atom stereocenters. The summed E-state index contributed by atoms with van der Waals surface area (Å²) in [6.45, 7) is 3.60. The number of anilines is 1. The van der Waals surface area contributed by atoms with Gasteiger partial charge in [0.2, 0.25) is 5.91 Å². The van der Waals surface area contributed by atoms with E-state index in [2.05, 4.69) is 5.32 Å². The average molecular weight is 469 g/mol.